The van der Waals surface area contributed by atoms with Crippen LogP contribution in [0.2, 0.25) is 0 Å². The van der Waals surface area contributed by atoms with Crippen molar-refractivity contribution >= 4 is 32.7 Å². The normalized spacial score (nSPS) is 26.1. The van der Waals surface area contributed by atoms with Gasteiger partial charge in [0.25, 0.3) is 0 Å². The van der Waals surface area contributed by atoms with Gasteiger partial charge < -0.3 is 15.3 Å². The number of aromatic amines is 2. The number of hydrogen-bond donors (Lipinski definition) is 3. The van der Waals surface area contributed by atoms with Gasteiger partial charge in [-0.3, -0.25) is 0 Å². The second-order valence-electron chi connectivity index (χ2n) is 6.56. The maximum Gasteiger partial charge on any atom is 0.323 e. The first-order chi connectivity index (χ1) is 10.2. The molecule has 0 spiro atoms. The zero-order valence-corrected chi connectivity index (χ0v) is 13.5. The minimum Gasteiger partial charge on any atom is -0.381 e. The lowest BCUT2D eigenvalue weighted by molar-refractivity contribution is 0.303. The number of imidazole rings is 1. The predicted molar refractivity (Wildman–Crippen MR) is 88.7 cm³/mol. The van der Waals surface area contributed by atoms with Crippen LogP contribution in [0.25, 0.3) is 11.0 Å². The van der Waals surface area contributed by atoms with Crippen LogP contribution >= 0.6 is 15.9 Å². The maximum atomic E-state index is 11.4. The van der Waals surface area contributed by atoms with Gasteiger partial charge in [-0.2, -0.15) is 0 Å². The minimum atomic E-state index is -0.152. The molecule has 5 heteroatoms. The summed E-state index contributed by atoms with van der Waals surface area (Å²) < 4.78 is 1.01. The average molecular weight is 350 g/mol. The Bertz CT molecular complexity index is 716. The van der Waals surface area contributed by atoms with Gasteiger partial charge in [-0.05, 0) is 65.6 Å². The van der Waals surface area contributed by atoms with Crippen LogP contribution in [0.1, 0.15) is 38.5 Å². The van der Waals surface area contributed by atoms with Crippen molar-refractivity contribution in [1.82, 2.24) is 9.97 Å². The highest BCUT2D eigenvalue weighted by Crippen LogP contribution is 2.44. The molecule has 1 heterocycles. The molecule has 1 aromatic heterocycles. The number of fused-ring (bicyclic) bond motifs is 1. The van der Waals surface area contributed by atoms with E-state index in [2.05, 4.69) is 31.2 Å². The smallest absolute Gasteiger partial charge is 0.323 e. The summed E-state index contributed by atoms with van der Waals surface area (Å²) in [5.41, 5.74) is 2.64. The van der Waals surface area contributed by atoms with Gasteiger partial charge in [-0.25, -0.2) is 4.79 Å². The molecule has 2 aliphatic carbocycles. The van der Waals surface area contributed by atoms with Crippen molar-refractivity contribution in [3.8, 4) is 0 Å². The molecule has 2 unspecified atom stereocenters. The van der Waals surface area contributed by atoms with Crippen LogP contribution < -0.4 is 11.0 Å². The summed E-state index contributed by atoms with van der Waals surface area (Å²) in [6.07, 6.45) is 8.17. The quantitative estimate of drug-likeness (QED) is 0.784. The van der Waals surface area contributed by atoms with Crippen LogP contribution in [0.15, 0.2) is 21.4 Å². The first kappa shape index (κ1) is 13.4. The zero-order valence-electron chi connectivity index (χ0n) is 11.9. The Hall–Kier alpha value is -1.23. The highest BCUT2D eigenvalue weighted by atomic mass is 79.9. The molecule has 4 nitrogen and oxygen atoms in total. The summed E-state index contributed by atoms with van der Waals surface area (Å²) in [6, 6.07) is 4.55. The number of halogens is 1. The molecule has 2 aliphatic rings. The van der Waals surface area contributed by atoms with E-state index in [4.69, 9.17) is 0 Å². The largest absolute Gasteiger partial charge is 0.381 e. The number of rotatable bonds is 3. The topological polar surface area (TPSA) is 60.7 Å². The lowest BCUT2D eigenvalue weighted by Crippen LogP contribution is -2.28. The molecule has 2 atom stereocenters. The maximum absolute atomic E-state index is 11.4. The third-order valence-corrected chi connectivity index (χ3v) is 5.62. The molecule has 21 heavy (non-hydrogen) atoms. The van der Waals surface area contributed by atoms with Gasteiger partial charge in [-0.1, -0.05) is 12.8 Å². The van der Waals surface area contributed by atoms with Crippen LogP contribution in [-0.4, -0.2) is 16.0 Å². The van der Waals surface area contributed by atoms with E-state index in [-0.39, 0.29) is 5.69 Å². The van der Waals surface area contributed by atoms with Crippen molar-refractivity contribution in [1.29, 1.82) is 0 Å². The van der Waals surface area contributed by atoms with E-state index in [0.717, 1.165) is 33.0 Å². The fourth-order valence-corrected chi connectivity index (χ4v) is 4.20. The Kier molecular flexibility index (Phi) is 3.32. The zero-order chi connectivity index (χ0) is 14.4. The van der Waals surface area contributed by atoms with Crippen LogP contribution in [0.5, 0.6) is 0 Å². The van der Waals surface area contributed by atoms with E-state index in [1.807, 2.05) is 12.1 Å². The average Bonchev–Trinajstić information content (AvgIpc) is 3.23. The molecule has 2 saturated carbocycles. The van der Waals surface area contributed by atoms with Crippen molar-refractivity contribution in [2.24, 2.45) is 11.8 Å². The first-order valence-electron chi connectivity index (χ1n) is 7.87. The molecule has 3 N–H and O–H groups in total. The summed E-state index contributed by atoms with van der Waals surface area (Å²) in [4.78, 5) is 17.0. The summed E-state index contributed by atoms with van der Waals surface area (Å²) in [5.74, 6) is 1.92. The fraction of sp³-hybridized carbons (Fsp3) is 0.562. The van der Waals surface area contributed by atoms with Gasteiger partial charge in [0.2, 0.25) is 0 Å². The highest BCUT2D eigenvalue weighted by Gasteiger charge is 2.34. The van der Waals surface area contributed by atoms with Crippen LogP contribution in [0.3, 0.4) is 0 Å². The number of aromatic nitrogens is 2. The van der Waals surface area contributed by atoms with Gasteiger partial charge in [0.05, 0.1) is 16.7 Å². The van der Waals surface area contributed by atoms with Crippen molar-refractivity contribution in [3.05, 3.63) is 27.1 Å². The van der Waals surface area contributed by atoms with Crippen molar-refractivity contribution < 1.29 is 0 Å². The number of nitrogens with one attached hydrogen (secondary N) is 3. The lowest BCUT2D eigenvalue weighted by Gasteiger charge is -2.30. The van der Waals surface area contributed by atoms with E-state index >= 15 is 0 Å². The second kappa shape index (κ2) is 5.20. The van der Waals surface area contributed by atoms with Crippen molar-refractivity contribution in [3.63, 3.8) is 0 Å². The summed E-state index contributed by atoms with van der Waals surface area (Å²) >= 11 is 3.61. The second-order valence-corrected chi connectivity index (χ2v) is 7.42. The van der Waals surface area contributed by atoms with Crippen molar-refractivity contribution in [2.75, 3.05) is 5.32 Å². The summed E-state index contributed by atoms with van der Waals surface area (Å²) in [6.45, 7) is 0. The molecule has 0 bridgehead atoms. The van der Waals surface area contributed by atoms with Crippen molar-refractivity contribution in [2.45, 2.75) is 44.6 Å². The summed E-state index contributed by atoms with van der Waals surface area (Å²) in [7, 11) is 0. The Morgan fingerprint density at radius 2 is 1.81 bits per heavy atom. The van der Waals surface area contributed by atoms with E-state index in [1.54, 1.807) is 0 Å². The van der Waals surface area contributed by atoms with Gasteiger partial charge in [0, 0.05) is 10.5 Å². The van der Waals surface area contributed by atoms with Gasteiger partial charge in [0.15, 0.2) is 0 Å². The first-order valence-corrected chi connectivity index (χ1v) is 8.66. The van der Waals surface area contributed by atoms with Gasteiger partial charge in [0.1, 0.15) is 0 Å². The molecule has 1 aromatic carbocycles. The number of hydrogen-bond acceptors (Lipinski definition) is 2. The number of H-pyrrole nitrogens is 2. The van der Waals surface area contributed by atoms with Gasteiger partial charge >= 0.3 is 5.69 Å². The van der Waals surface area contributed by atoms with E-state index in [0.29, 0.717) is 6.04 Å². The predicted octanol–water partition coefficient (Wildman–Crippen LogP) is 4.00. The standard InChI is InChI=1S/C16H20BrN3O/c17-12-7-14-15(20-16(21)19-14)8-13(12)18-11-3-1-2-10(6-11)9-4-5-9/h7-11,18H,1-6H2,(H2,19,20,21). The highest BCUT2D eigenvalue weighted by molar-refractivity contribution is 9.10. The van der Waals surface area contributed by atoms with E-state index in [9.17, 15) is 4.79 Å². The molecule has 0 aliphatic heterocycles. The lowest BCUT2D eigenvalue weighted by atomic mass is 9.82. The number of anilines is 1. The Morgan fingerprint density at radius 3 is 2.57 bits per heavy atom. The molecule has 2 fully saturated rings. The van der Waals surface area contributed by atoms with Gasteiger partial charge in [-0.15, -0.1) is 0 Å². The van der Waals surface area contributed by atoms with Crippen LogP contribution in [-0.2, 0) is 0 Å². The number of benzene rings is 1. The third kappa shape index (κ3) is 2.76. The Morgan fingerprint density at radius 1 is 1.05 bits per heavy atom. The minimum absolute atomic E-state index is 0.152. The molecule has 4 rings (SSSR count). The Balaban J connectivity index is 1.55. The van der Waals surface area contributed by atoms with Crippen LogP contribution in [0.4, 0.5) is 5.69 Å². The molecular formula is C16H20BrN3O. The van der Waals surface area contributed by atoms with E-state index < -0.39 is 0 Å². The Labute approximate surface area is 131 Å². The fourth-order valence-electron chi connectivity index (χ4n) is 3.74. The molecule has 0 radical (unpaired) electrons. The summed E-state index contributed by atoms with van der Waals surface area (Å²) in [5, 5.41) is 3.68. The van der Waals surface area contributed by atoms with Crippen LogP contribution in [0, 0.1) is 11.8 Å². The molecular weight excluding hydrogens is 330 g/mol. The third-order valence-electron chi connectivity index (χ3n) is 4.97. The SMILES string of the molecule is O=c1[nH]c2cc(Br)c(NC3CCCC(C4CC4)C3)cc2[nH]1. The monoisotopic (exact) mass is 349 g/mol. The molecule has 0 saturated heterocycles. The molecule has 2 aromatic rings. The molecule has 112 valence electrons. The van der Waals surface area contributed by atoms with E-state index in [1.165, 1.54) is 38.5 Å². The molecule has 0 amide bonds.